The third kappa shape index (κ3) is 10.2. The van der Waals surface area contributed by atoms with E-state index < -0.39 is 0 Å². The number of hydrogen-bond donors (Lipinski definition) is 0. The first-order valence-electron chi connectivity index (χ1n) is 4.25. The SMILES string of the molecule is C=CC=CCCCCCCI. The van der Waals surface area contributed by atoms with E-state index in [1.54, 1.807) is 0 Å². The van der Waals surface area contributed by atoms with Crippen LogP contribution in [0.15, 0.2) is 24.8 Å². The second-order valence-electron chi connectivity index (χ2n) is 2.56. The fourth-order valence-corrected chi connectivity index (χ4v) is 1.44. The zero-order chi connectivity index (χ0) is 8.36. The van der Waals surface area contributed by atoms with Gasteiger partial charge in [-0.15, -0.1) is 0 Å². The van der Waals surface area contributed by atoms with Crippen molar-refractivity contribution in [3.63, 3.8) is 0 Å². The molecule has 0 aromatic rings. The van der Waals surface area contributed by atoms with Gasteiger partial charge in [-0.3, -0.25) is 0 Å². The van der Waals surface area contributed by atoms with Gasteiger partial charge in [-0.05, 0) is 23.7 Å². The van der Waals surface area contributed by atoms with Gasteiger partial charge >= 0.3 is 0 Å². The average Bonchev–Trinajstić information content (AvgIpc) is 2.03. The van der Waals surface area contributed by atoms with Gasteiger partial charge in [0.25, 0.3) is 0 Å². The van der Waals surface area contributed by atoms with E-state index >= 15 is 0 Å². The molecule has 0 N–H and O–H groups in total. The molecule has 0 aromatic carbocycles. The van der Waals surface area contributed by atoms with E-state index in [0.717, 1.165) is 0 Å². The van der Waals surface area contributed by atoms with Crippen molar-refractivity contribution in [3.8, 4) is 0 Å². The van der Waals surface area contributed by atoms with Crippen LogP contribution < -0.4 is 0 Å². The number of hydrogen-bond acceptors (Lipinski definition) is 0. The van der Waals surface area contributed by atoms with Crippen molar-refractivity contribution in [1.82, 2.24) is 0 Å². The number of halogens is 1. The van der Waals surface area contributed by atoms with Crippen LogP contribution in [-0.4, -0.2) is 4.43 Å². The molecule has 0 unspecified atom stereocenters. The Morgan fingerprint density at radius 2 is 1.82 bits per heavy atom. The van der Waals surface area contributed by atoms with E-state index in [1.807, 2.05) is 12.2 Å². The second-order valence-corrected chi connectivity index (χ2v) is 3.63. The van der Waals surface area contributed by atoms with E-state index in [2.05, 4.69) is 35.2 Å². The molecule has 0 aliphatic rings. The maximum Gasteiger partial charge on any atom is -0.000473 e. The molecule has 0 aromatic heterocycles. The lowest BCUT2D eigenvalue weighted by molar-refractivity contribution is 0.681. The lowest BCUT2D eigenvalue weighted by Crippen LogP contribution is -1.77. The summed E-state index contributed by atoms with van der Waals surface area (Å²) in [4.78, 5) is 0. The lowest BCUT2D eigenvalue weighted by atomic mass is 10.1. The maximum atomic E-state index is 3.62. The molecule has 0 aliphatic heterocycles. The molecule has 0 nitrogen and oxygen atoms in total. The van der Waals surface area contributed by atoms with Gasteiger partial charge in [-0.1, -0.05) is 60.2 Å². The Morgan fingerprint density at radius 3 is 2.45 bits per heavy atom. The number of alkyl halides is 1. The first-order valence-corrected chi connectivity index (χ1v) is 5.78. The van der Waals surface area contributed by atoms with Crippen LogP contribution in [0.4, 0.5) is 0 Å². The highest BCUT2D eigenvalue weighted by Gasteiger charge is 1.85. The molecule has 11 heavy (non-hydrogen) atoms. The highest BCUT2D eigenvalue weighted by Crippen LogP contribution is 2.04. The van der Waals surface area contributed by atoms with Gasteiger partial charge in [0.2, 0.25) is 0 Å². The van der Waals surface area contributed by atoms with Crippen LogP contribution in [0.3, 0.4) is 0 Å². The maximum absolute atomic E-state index is 3.62. The summed E-state index contributed by atoms with van der Waals surface area (Å²) in [5, 5.41) is 0. The highest BCUT2D eigenvalue weighted by atomic mass is 127. The molecular weight excluding hydrogens is 247 g/mol. The summed E-state index contributed by atoms with van der Waals surface area (Å²) in [6.45, 7) is 3.62. The Balaban J connectivity index is 2.90. The van der Waals surface area contributed by atoms with Crippen LogP contribution in [0.1, 0.15) is 32.1 Å². The topological polar surface area (TPSA) is 0 Å². The quantitative estimate of drug-likeness (QED) is 0.281. The molecule has 0 bridgehead atoms. The fourth-order valence-electron chi connectivity index (χ4n) is 0.903. The number of allylic oxidation sites excluding steroid dienone is 3. The van der Waals surface area contributed by atoms with Crippen LogP contribution in [0.2, 0.25) is 0 Å². The predicted octanol–water partition coefficient (Wildman–Crippen LogP) is 4.11. The van der Waals surface area contributed by atoms with Crippen molar-refractivity contribution in [3.05, 3.63) is 24.8 Å². The Kier molecular flexibility index (Phi) is 10.4. The van der Waals surface area contributed by atoms with Crippen LogP contribution in [0.5, 0.6) is 0 Å². The highest BCUT2D eigenvalue weighted by molar-refractivity contribution is 14.1. The summed E-state index contributed by atoms with van der Waals surface area (Å²) in [6.07, 6.45) is 12.8. The summed E-state index contributed by atoms with van der Waals surface area (Å²) in [7, 11) is 0. The first-order chi connectivity index (χ1) is 5.41. The van der Waals surface area contributed by atoms with Crippen molar-refractivity contribution in [2.75, 3.05) is 4.43 Å². The van der Waals surface area contributed by atoms with Crippen LogP contribution in [0.25, 0.3) is 0 Å². The van der Waals surface area contributed by atoms with Gasteiger partial charge < -0.3 is 0 Å². The molecule has 0 saturated heterocycles. The summed E-state index contributed by atoms with van der Waals surface area (Å²) in [6, 6.07) is 0. The molecule has 0 aliphatic carbocycles. The Morgan fingerprint density at radius 1 is 1.09 bits per heavy atom. The molecule has 0 spiro atoms. The van der Waals surface area contributed by atoms with E-state index in [-0.39, 0.29) is 0 Å². The predicted molar refractivity (Wildman–Crippen MR) is 61.3 cm³/mol. The van der Waals surface area contributed by atoms with E-state index in [9.17, 15) is 0 Å². The largest absolute Gasteiger partial charge is 0.0991 e. The molecular formula is C10H17I. The van der Waals surface area contributed by atoms with E-state index in [4.69, 9.17) is 0 Å². The summed E-state index contributed by atoms with van der Waals surface area (Å²) < 4.78 is 1.31. The first kappa shape index (κ1) is 11.2. The smallest absolute Gasteiger partial charge is 0.000473 e. The van der Waals surface area contributed by atoms with Gasteiger partial charge in [0.05, 0.1) is 0 Å². The molecule has 0 saturated carbocycles. The third-order valence-electron chi connectivity index (χ3n) is 1.53. The van der Waals surface area contributed by atoms with Crippen LogP contribution in [-0.2, 0) is 0 Å². The van der Waals surface area contributed by atoms with Crippen LogP contribution in [0, 0.1) is 0 Å². The monoisotopic (exact) mass is 264 g/mol. The van der Waals surface area contributed by atoms with Gasteiger partial charge in [0, 0.05) is 0 Å². The molecule has 0 amide bonds. The van der Waals surface area contributed by atoms with Crippen molar-refractivity contribution in [1.29, 1.82) is 0 Å². The normalized spacial score (nSPS) is 10.6. The zero-order valence-corrected chi connectivity index (χ0v) is 9.22. The number of unbranched alkanes of at least 4 members (excludes halogenated alkanes) is 4. The molecule has 0 radical (unpaired) electrons. The van der Waals surface area contributed by atoms with Crippen molar-refractivity contribution in [2.45, 2.75) is 32.1 Å². The van der Waals surface area contributed by atoms with Crippen molar-refractivity contribution >= 4 is 22.6 Å². The van der Waals surface area contributed by atoms with Gasteiger partial charge in [-0.25, -0.2) is 0 Å². The van der Waals surface area contributed by atoms with Gasteiger partial charge in [0.15, 0.2) is 0 Å². The third-order valence-corrected chi connectivity index (χ3v) is 2.29. The minimum Gasteiger partial charge on any atom is -0.0991 e. The summed E-state index contributed by atoms with van der Waals surface area (Å²) in [5.41, 5.74) is 0. The van der Waals surface area contributed by atoms with Crippen molar-refractivity contribution in [2.24, 2.45) is 0 Å². The standard InChI is InChI=1S/C10H17I/c1-2-3-4-5-6-7-8-9-10-11/h2-4H,1,5-10H2. The Hall–Kier alpha value is 0.210. The van der Waals surface area contributed by atoms with Gasteiger partial charge in [-0.2, -0.15) is 0 Å². The minimum absolute atomic E-state index is 1.22. The summed E-state index contributed by atoms with van der Waals surface area (Å²) >= 11 is 2.43. The lowest BCUT2D eigenvalue weighted by Gasteiger charge is -1.94. The second kappa shape index (κ2) is 10.2. The van der Waals surface area contributed by atoms with Crippen LogP contribution >= 0.6 is 22.6 Å². The van der Waals surface area contributed by atoms with E-state index in [0.29, 0.717) is 0 Å². The van der Waals surface area contributed by atoms with Gasteiger partial charge in [0.1, 0.15) is 0 Å². The van der Waals surface area contributed by atoms with E-state index in [1.165, 1.54) is 36.5 Å². The minimum atomic E-state index is 1.22. The number of rotatable bonds is 7. The molecule has 0 heterocycles. The molecule has 0 fully saturated rings. The zero-order valence-electron chi connectivity index (χ0n) is 7.06. The summed E-state index contributed by atoms with van der Waals surface area (Å²) in [5.74, 6) is 0. The molecule has 1 heteroatoms. The Bertz CT molecular complexity index is 105. The molecule has 0 rings (SSSR count). The fraction of sp³-hybridized carbons (Fsp3) is 0.600. The molecule has 0 atom stereocenters. The molecule has 64 valence electrons. The Labute approximate surface area is 83.9 Å². The average molecular weight is 264 g/mol. The van der Waals surface area contributed by atoms with Crippen molar-refractivity contribution < 1.29 is 0 Å².